The molecule has 30 heavy (non-hydrogen) atoms. The van der Waals surface area contributed by atoms with Crippen molar-refractivity contribution in [2.75, 3.05) is 0 Å². The highest BCUT2D eigenvalue weighted by Crippen LogP contribution is 2.59. The summed E-state index contributed by atoms with van der Waals surface area (Å²) in [5.74, 6) is -0.0459. The molecule has 168 valence electrons. The molecule has 0 unspecified atom stereocenters. The number of aliphatic hydroxyl groups is 2. The molecule has 3 aliphatic rings. The van der Waals surface area contributed by atoms with Crippen LogP contribution in [0.2, 0.25) is 0 Å². The fourth-order valence-corrected chi connectivity index (χ4v) is 6.15. The highest BCUT2D eigenvalue weighted by molar-refractivity contribution is 5.36. The zero-order valence-corrected chi connectivity index (χ0v) is 19.0. The van der Waals surface area contributed by atoms with E-state index < -0.39 is 25.2 Å². The second-order valence-electron chi connectivity index (χ2n) is 10.3. The molecular weight excluding hydrogens is 368 g/mol. The van der Waals surface area contributed by atoms with Crippen molar-refractivity contribution in [2.24, 2.45) is 29.1 Å². The molecule has 2 heteroatoms. The van der Waals surface area contributed by atoms with E-state index in [0.717, 1.165) is 56.1 Å². The monoisotopic (exact) mass is 418 g/mol. The first-order valence-electron chi connectivity index (χ1n) is 14.7. The van der Waals surface area contributed by atoms with Crippen molar-refractivity contribution in [2.45, 2.75) is 97.5 Å². The third kappa shape index (κ3) is 5.02. The summed E-state index contributed by atoms with van der Waals surface area (Å²) >= 11 is 0. The number of fused-ring (bicyclic) bond motifs is 1. The van der Waals surface area contributed by atoms with Gasteiger partial charge in [-0.3, -0.25) is 0 Å². The molecule has 0 radical (unpaired) electrons. The van der Waals surface area contributed by atoms with Crippen LogP contribution in [0.4, 0.5) is 0 Å². The number of hydrogen-bond acceptors (Lipinski definition) is 2. The molecule has 0 saturated heterocycles. The summed E-state index contributed by atoms with van der Waals surface area (Å²) in [6.07, 6.45) is 15.5. The second-order valence-corrected chi connectivity index (χ2v) is 10.3. The Morgan fingerprint density at radius 1 is 1.17 bits per heavy atom. The van der Waals surface area contributed by atoms with E-state index in [9.17, 15) is 10.2 Å². The molecule has 3 fully saturated rings. The SMILES string of the molecule is [2H]C([2H])([2H])C(O)([C@@H](C)/C=C/[C@@H](C)[C@H]1CC[C@H]2/C(=C/C=C3\C[C@@H](O)CCC3=C)CCC[C@]12C)C([2H])([2H])[2H]. The van der Waals surface area contributed by atoms with Gasteiger partial charge in [-0.05, 0) is 93.8 Å². The van der Waals surface area contributed by atoms with Crippen molar-refractivity contribution in [1.82, 2.24) is 0 Å². The molecule has 0 bridgehead atoms. The lowest BCUT2D eigenvalue weighted by molar-refractivity contribution is 0.0436. The van der Waals surface area contributed by atoms with Crippen LogP contribution in [0, 0.1) is 29.1 Å². The topological polar surface area (TPSA) is 40.5 Å². The van der Waals surface area contributed by atoms with E-state index in [4.69, 9.17) is 8.22 Å². The normalized spacial score (nSPS) is 41.5. The van der Waals surface area contributed by atoms with Gasteiger partial charge >= 0.3 is 0 Å². The molecule has 0 aromatic carbocycles. The van der Waals surface area contributed by atoms with Crippen molar-refractivity contribution >= 4 is 0 Å². The van der Waals surface area contributed by atoms with Crippen molar-refractivity contribution in [3.05, 3.63) is 47.6 Å². The maximum absolute atomic E-state index is 10.8. The summed E-state index contributed by atoms with van der Waals surface area (Å²) in [6.45, 7) is 4.12. The smallest absolute Gasteiger partial charge is 0.0651 e. The Morgan fingerprint density at radius 3 is 2.67 bits per heavy atom. The molecule has 0 spiro atoms. The average molecular weight is 419 g/mol. The standard InChI is InChI=1S/C28H44O2/c1-19-10-14-24(29)18-23(19)13-12-22-8-7-17-28(6)25(15-16-26(22)28)20(2)9-11-21(3)27(4,5)30/h9,11-13,20-21,24-26,29-30H,1,7-8,10,14-18H2,2-6H3/b11-9+,22-12+,23-13+/t20-,21+,24+,25-,26+,28-/m1/s1/i4D3,5D3. The maximum atomic E-state index is 10.8. The molecule has 3 aliphatic carbocycles. The van der Waals surface area contributed by atoms with Gasteiger partial charge < -0.3 is 10.2 Å². The van der Waals surface area contributed by atoms with Crippen LogP contribution in [0.15, 0.2) is 47.6 Å². The van der Waals surface area contributed by atoms with Crippen molar-refractivity contribution in [3.63, 3.8) is 0 Å². The van der Waals surface area contributed by atoms with Gasteiger partial charge in [-0.2, -0.15) is 0 Å². The van der Waals surface area contributed by atoms with E-state index in [0.29, 0.717) is 18.3 Å². The molecule has 0 heterocycles. The van der Waals surface area contributed by atoms with Gasteiger partial charge in [0.2, 0.25) is 0 Å². The molecular formula is C28H44O2. The minimum absolute atomic E-state index is 0.114. The van der Waals surface area contributed by atoms with E-state index in [-0.39, 0.29) is 17.4 Å². The van der Waals surface area contributed by atoms with Crippen LogP contribution in [0.25, 0.3) is 0 Å². The lowest BCUT2D eigenvalue weighted by Gasteiger charge is -2.44. The van der Waals surface area contributed by atoms with Crippen LogP contribution in [-0.2, 0) is 0 Å². The largest absolute Gasteiger partial charge is 0.393 e. The Kier molecular flexibility index (Phi) is 5.04. The van der Waals surface area contributed by atoms with Crippen molar-refractivity contribution < 1.29 is 18.4 Å². The van der Waals surface area contributed by atoms with Crippen LogP contribution in [0.3, 0.4) is 0 Å². The Morgan fingerprint density at radius 2 is 1.93 bits per heavy atom. The maximum Gasteiger partial charge on any atom is 0.0651 e. The lowest BCUT2D eigenvalue weighted by Crippen LogP contribution is -2.35. The van der Waals surface area contributed by atoms with Gasteiger partial charge in [-0.1, -0.05) is 62.8 Å². The van der Waals surface area contributed by atoms with Gasteiger partial charge in [0.15, 0.2) is 0 Å². The summed E-state index contributed by atoms with van der Waals surface area (Å²) in [4.78, 5) is 0. The van der Waals surface area contributed by atoms with Crippen LogP contribution < -0.4 is 0 Å². The summed E-state index contributed by atoms with van der Waals surface area (Å²) in [5, 5.41) is 20.9. The van der Waals surface area contributed by atoms with Crippen LogP contribution in [-0.4, -0.2) is 21.9 Å². The first kappa shape index (κ1) is 16.5. The average Bonchev–Trinajstić information content (AvgIpc) is 3.13. The third-order valence-electron chi connectivity index (χ3n) is 8.22. The van der Waals surface area contributed by atoms with Gasteiger partial charge in [0.25, 0.3) is 0 Å². The molecule has 2 nitrogen and oxygen atoms in total. The Labute approximate surface area is 193 Å². The predicted molar refractivity (Wildman–Crippen MR) is 127 cm³/mol. The molecule has 0 amide bonds. The first-order valence-corrected chi connectivity index (χ1v) is 11.7. The van der Waals surface area contributed by atoms with E-state index >= 15 is 0 Å². The van der Waals surface area contributed by atoms with Crippen LogP contribution in [0.1, 0.15) is 94.1 Å². The van der Waals surface area contributed by atoms with Gasteiger partial charge in [0.1, 0.15) is 0 Å². The number of aliphatic hydroxyl groups excluding tert-OH is 1. The summed E-state index contributed by atoms with van der Waals surface area (Å²) < 4.78 is 46.2. The zero-order chi connectivity index (χ0) is 27.1. The molecule has 0 aromatic rings. The van der Waals surface area contributed by atoms with Gasteiger partial charge in [-0.15, -0.1) is 0 Å². The molecule has 0 aliphatic heterocycles. The van der Waals surface area contributed by atoms with Crippen LogP contribution in [0.5, 0.6) is 0 Å². The molecule has 3 rings (SSSR count). The lowest BCUT2D eigenvalue weighted by atomic mass is 9.61. The van der Waals surface area contributed by atoms with Crippen molar-refractivity contribution in [1.29, 1.82) is 0 Å². The first-order chi connectivity index (χ1) is 16.5. The quantitative estimate of drug-likeness (QED) is 0.484. The summed E-state index contributed by atoms with van der Waals surface area (Å²) in [6, 6.07) is 0. The zero-order valence-electron chi connectivity index (χ0n) is 25.0. The number of rotatable bonds is 5. The van der Waals surface area contributed by atoms with E-state index in [1.165, 1.54) is 12.5 Å². The van der Waals surface area contributed by atoms with E-state index in [1.54, 1.807) is 6.08 Å². The van der Waals surface area contributed by atoms with Gasteiger partial charge in [-0.25, -0.2) is 0 Å². The summed E-state index contributed by atoms with van der Waals surface area (Å²) in [5.41, 5.74) is 1.08. The molecule has 6 atom stereocenters. The summed E-state index contributed by atoms with van der Waals surface area (Å²) in [7, 11) is 0. The Hall–Kier alpha value is -1.12. The molecule has 2 N–H and O–H groups in total. The second kappa shape index (κ2) is 9.17. The molecule has 0 aromatic heterocycles. The fraction of sp³-hybridized carbons (Fsp3) is 0.714. The minimum Gasteiger partial charge on any atom is -0.393 e. The fourth-order valence-electron chi connectivity index (χ4n) is 6.15. The van der Waals surface area contributed by atoms with E-state index in [2.05, 4.69) is 32.6 Å². The Bertz CT molecular complexity index is 898. The number of allylic oxidation sites excluding steroid dienone is 5. The Balaban J connectivity index is 1.78. The van der Waals surface area contributed by atoms with Gasteiger partial charge in [0, 0.05) is 14.1 Å². The van der Waals surface area contributed by atoms with Crippen LogP contribution >= 0.6 is 0 Å². The third-order valence-corrected chi connectivity index (χ3v) is 8.22. The molecule has 3 saturated carbocycles. The highest BCUT2D eigenvalue weighted by atomic mass is 16.3. The minimum atomic E-state index is -3.02. The van der Waals surface area contributed by atoms with Gasteiger partial charge in [0.05, 0.1) is 11.7 Å². The highest BCUT2D eigenvalue weighted by Gasteiger charge is 2.50. The predicted octanol–water partition coefficient (Wildman–Crippen LogP) is 6.76. The van der Waals surface area contributed by atoms with E-state index in [1.807, 2.05) is 6.08 Å². The van der Waals surface area contributed by atoms with Crippen molar-refractivity contribution in [3.8, 4) is 0 Å². The number of hydrogen-bond donors (Lipinski definition) is 2.